The van der Waals surface area contributed by atoms with Crippen molar-refractivity contribution in [1.82, 2.24) is 15.1 Å². The van der Waals surface area contributed by atoms with Crippen LogP contribution in [0.3, 0.4) is 0 Å². The van der Waals surface area contributed by atoms with Gasteiger partial charge >= 0.3 is 12.0 Å². The summed E-state index contributed by atoms with van der Waals surface area (Å²) in [5.74, 6) is -1.48. The number of nitrogens with zero attached hydrogens (tertiary/aromatic N) is 2. The van der Waals surface area contributed by atoms with Gasteiger partial charge in [-0.3, -0.25) is 9.69 Å². The maximum Gasteiger partial charge on any atom is 0.317 e. The normalized spacial score (nSPS) is 16.5. The number of nitrogens with one attached hydrogen (secondary N) is 1. The zero-order valence-corrected chi connectivity index (χ0v) is 15.9. The summed E-state index contributed by atoms with van der Waals surface area (Å²) >= 11 is 0. The highest BCUT2D eigenvalue weighted by molar-refractivity contribution is 5.75. The molecule has 1 unspecified atom stereocenters. The van der Waals surface area contributed by atoms with E-state index < -0.39 is 11.9 Å². The molecule has 0 aromatic heterocycles. The van der Waals surface area contributed by atoms with Gasteiger partial charge in [0.05, 0.1) is 5.92 Å². The van der Waals surface area contributed by atoms with Crippen LogP contribution in [0, 0.1) is 5.92 Å². The Kier molecular flexibility index (Phi) is 7.91. The smallest absolute Gasteiger partial charge is 0.317 e. The molecule has 6 nitrogen and oxygen atoms in total. The molecular formula is C20H31N3O3. The van der Waals surface area contributed by atoms with Gasteiger partial charge in [0.1, 0.15) is 0 Å². The number of carboxylic acids is 1. The Morgan fingerprint density at radius 2 is 1.85 bits per heavy atom. The SMILES string of the molecule is CC(CN(C)C(=O)NCc1cccc(CN2CCCCCC2)c1)C(=O)O. The number of benzene rings is 1. The lowest BCUT2D eigenvalue weighted by Gasteiger charge is -2.21. The van der Waals surface area contributed by atoms with Gasteiger partial charge in [-0.1, -0.05) is 44.0 Å². The predicted octanol–water partition coefficient (Wildman–Crippen LogP) is 2.92. The molecule has 0 saturated carbocycles. The van der Waals surface area contributed by atoms with Crippen molar-refractivity contribution in [1.29, 1.82) is 0 Å². The molecule has 1 aromatic rings. The molecule has 1 aliphatic heterocycles. The first-order valence-electron chi connectivity index (χ1n) is 9.47. The van der Waals surface area contributed by atoms with E-state index in [9.17, 15) is 9.59 Å². The highest BCUT2D eigenvalue weighted by Gasteiger charge is 2.17. The maximum absolute atomic E-state index is 12.1. The predicted molar refractivity (Wildman–Crippen MR) is 102 cm³/mol. The molecule has 1 aliphatic rings. The van der Waals surface area contributed by atoms with E-state index in [0.29, 0.717) is 6.54 Å². The minimum absolute atomic E-state index is 0.191. The van der Waals surface area contributed by atoms with Crippen LogP contribution >= 0.6 is 0 Å². The van der Waals surface area contributed by atoms with Crippen LogP contribution in [-0.4, -0.2) is 53.6 Å². The summed E-state index contributed by atoms with van der Waals surface area (Å²) in [7, 11) is 1.62. The molecule has 1 aromatic carbocycles. The van der Waals surface area contributed by atoms with Crippen molar-refractivity contribution in [3.63, 3.8) is 0 Å². The average molecular weight is 361 g/mol. The molecule has 1 atom stereocenters. The van der Waals surface area contributed by atoms with Crippen LogP contribution in [-0.2, 0) is 17.9 Å². The van der Waals surface area contributed by atoms with Crippen molar-refractivity contribution in [3.8, 4) is 0 Å². The summed E-state index contributed by atoms with van der Waals surface area (Å²) in [5.41, 5.74) is 2.33. The lowest BCUT2D eigenvalue weighted by Crippen LogP contribution is -2.40. The van der Waals surface area contributed by atoms with Gasteiger partial charge in [0.2, 0.25) is 0 Å². The second-order valence-corrected chi connectivity index (χ2v) is 7.29. The Balaban J connectivity index is 1.83. The topological polar surface area (TPSA) is 72.9 Å². The first-order valence-corrected chi connectivity index (χ1v) is 9.47. The Morgan fingerprint density at radius 3 is 2.50 bits per heavy atom. The molecule has 0 radical (unpaired) electrons. The fourth-order valence-electron chi connectivity index (χ4n) is 3.27. The summed E-state index contributed by atoms with van der Waals surface area (Å²) in [6.07, 6.45) is 5.21. The second kappa shape index (κ2) is 10.2. The Morgan fingerprint density at radius 1 is 1.19 bits per heavy atom. The number of hydrogen-bond donors (Lipinski definition) is 2. The molecule has 0 bridgehead atoms. The van der Waals surface area contributed by atoms with Crippen molar-refractivity contribution in [2.75, 3.05) is 26.7 Å². The summed E-state index contributed by atoms with van der Waals surface area (Å²) in [4.78, 5) is 26.9. The fourth-order valence-corrected chi connectivity index (χ4v) is 3.27. The third kappa shape index (κ3) is 6.67. The largest absolute Gasteiger partial charge is 0.481 e. The molecule has 144 valence electrons. The van der Waals surface area contributed by atoms with Crippen LogP contribution in [0.1, 0.15) is 43.7 Å². The molecule has 2 amide bonds. The summed E-state index contributed by atoms with van der Waals surface area (Å²) in [6.45, 7) is 5.51. The van der Waals surface area contributed by atoms with E-state index in [1.165, 1.54) is 36.1 Å². The number of carboxylic acid groups (broad SMARTS) is 1. The number of rotatable bonds is 7. The molecule has 1 saturated heterocycles. The monoisotopic (exact) mass is 361 g/mol. The quantitative estimate of drug-likeness (QED) is 0.783. The summed E-state index contributed by atoms with van der Waals surface area (Å²) < 4.78 is 0. The molecule has 2 rings (SSSR count). The molecular weight excluding hydrogens is 330 g/mol. The van der Waals surface area contributed by atoms with Crippen LogP contribution in [0.15, 0.2) is 24.3 Å². The van der Waals surface area contributed by atoms with E-state index in [1.54, 1.807) is 14.0 Å². The van der Waals surface area contributed by atoms with E-state index in [-0.39, 0.29) is 12.6 Å². The molecule has 2 N–H and O–H groups in total. The van der Waals surface area contributed by atoms with Gasteiger partial charge in [0.25, 0.3) is 0 Å². The number of urea groups is 1. The molecule has 0 spiro atoms. The first-order chi connectivity index (χ1) is 12.5. The highest BCUT2D eigenvalue weighted by atomic mass is 16.4. The Bertz CT molecular complexity index is 598. The third-order valence-electron chi connectivity index (χ3n) is 4.86. The van der Waals surface area contributed by atoms with Crippen LogP contribution < -0.4 is 5.32 Å². The first kappa shape index (κ1) is 20.2. The van der Waals surface area contributed by atoms with Crippen LogP contribution in [0.5, 0.6) is 0 Å². The van der Waals surface area contributed by atoms with Crippen LogP contribution in [0.2, 0.25) is 0 Å². The Hall–Kier alpha value is -2.08. The van der Waals surface area contributed by atoms with Gasteiger partial charge in [-0.2, -0.15) is 0 Å². The molecule has 1 fully saturated rings. The standard InChI is InChI=1S/C20H31N3O3/c1-16(19(24)25)14-22(2)20(26)21-13-17-8-7-9-18(12-17)15-23-10-5-3-4-6-11-23/h7-9,12,16H,3-6,10-11,13-15H2,1-2H3,(H,21,26)(H,24,25). The lowest BCUT2D eigenvalue weighted by atomic mass is 10.1. The number of hydrogen-bond acceptors (Lipinski definition) is 3. The summed E-state index contributed by atoms with van der Waals surface area (Å²) in [5, 5.41) is 11.8. The second-order valence-electron chi connectivity index (χ2n) is 7.29. The van der Waals surface area contributed by atoms with Gasteiger partial charge in [0.15, 0.2) is 0 Å². The fraction of sp³-hybridized carbons (Fsp3) is 0.600. The van der Waals surface area contributed by atoms with Crippen molar-refractivity contribution >= 4 is 12.0 Å². The molecule has 6 heteroatoms. The third-order valence-corrected chi connectivity index (χ3v) is 4.86. The minimum atomic E-state index is -0.897. The van der Waals surface area contributed by atoms with E-state index >= 15 is 0 Å². The van der Waals surface area contributed by atoms with Crippen LogP contribution in [0.25, 0.3) is 0 Å². The number of aliphatic carboxylic acids is 1. The average Bonchev–Trinajstić information content (AvgIpc) is 2.88. The lowest BCUT2D eigenvalue weighted by molar-refractivity contribution is -0.141. The van der Waals surface area contributed by atoms with Gasteiger partial charge in [-0.05, 0) is 37.1 Å². The van der Waals surface area contributed by atoms with Gasteiger partial charge in [0, 0.05) is 26.7 Å². The van der Waals surface area contributed by atoms with E-state index in [1.807, 2.05) is 12.1 Å². The number of amides is 2. The van der Waals surface area contributed by atoms with Gasteiger partial charge in [-0.25, -0.2) is 4.79 Å². The number of carbonyl (C=O) groups is 2. The van der Waals surface area contributed by atoms with Crippen molar-refractivity contribution in [2.45, 2.75) is 45.7 Å². The minimum Gasteiger partial charge on any atom is -0.481 e. The summed E-state index contributed by atoms with van der Waals surface area (Å²) in [6, 6.07) is 8.06. The van der Waals surface area contributed by atoms with E-state index in [0.717, 1.165) is 25.2 Å². The van der Waals surface area contributed by atoms with Crippen molar-refractivity contribution < 1.29 is 14.7 Å². The van der Waals surface area contributed by atoms with Gasteiger partial charge in [-0.15, -0.1) is 0 Å². The number of likely N-dealkylation sites (tertiary alicyclic amines) is 1. The zero-order chi connectivity index (χ0) is 18.9. The molecule has 0 aliphatic carbocycles. The van der Waals surface area contributed by atoms with Crippen molar-refractivity contribution in [3.05, 3.63) is 35.4 Å². The maximum atomic E-state index is 12.1. The molecule has 26 heavy (non-hydrogen) atoms. The van der Waals surface area contributed by atoms with Crippen LogP contribution in [0.4, 0.5) is 4.79 Å². The number of carbonyl (C=O) groups excluding carboxylic acids is 1. The van der Waals surface area contributed by atoms with E-state index in [4.69, 9.17) is 5.11 Å². The zero-order valence-electron chi connectivity index (χ0n) is 15.9. The highest BCUT2D eigenvalue weighted by Crippen LogP contribution is 2.14. The Labute approximate surface area is 156 Å². The van der Waals surface area contributed by atoms with E-state index in [2.05, 4.69) is 22.3 Å². The molecule has 1 heterocycles. The van der Waals surface area contributed by atoms with Gasteiger partial charge < -0.3 is 15.3 Å². The van der Waals surface area contributed by atoms with Crippen molar-refractivity contribution in [2.24, 2.45) is 5.92 Å².